The van der Waals surface area contributed by atoms with E-state index in [2.05, 4.69) is 39.3 Å². The first-order valence-corrected chi connectivity index (χ1v) is 9.79. The predicted molar refractivity (Wildman–Crippen MR) is 97.0 cm³/mol. The van der Waals surface area contributed by atoms with E-state index in [1.54, 1.807) is 17.5 Å². The minimum atomic E-state index is -0.651. The van der Waals surface area contributed by atoms with Gasteiger partial charge in [-0.3, -0.25) is 14.9 Å². The number of urea groups is 1. The van der Waals surface area contributed by atoms with Crippen LogP contribution in [0.5, 0.6) is 0 Å². The summed E-state index contributed by atoms with van der Waals surface area (Å²) in [5, 5.41) is 14.8. The van der Waals surface area contributed by atoms with Crippen LogP contribution in [-0.4, -0.2) is 50.3 Å². The maximum atomic E-state index is 12.8. The number of thiophene rings is 1. The summed E-state index contributed by atoms with van der Waals surface area (Å²) in [7, 11) is 0. The molecule has 2 aromatic rings. The van der Waals surface area contributed by atoms with Crippen LogP contribution in [0.4, 0.5) is 4.79 Å². The van der Waals surface area contributed by atoms with Gasteiger partial charge in [0.15, 0.2) is 0 Å². The van der Waals surface area contributed by atoms with E-state index >= 15 is 0 Å². The molecule has 2 N–H and O–H groups in total. The number of nitrogens with zero attached hydrogens (tertiary/aromatic N) is 4. The average Bonchev–Trinajstić information content (AvgIpc) is 3.35. The molecular formula is C17H20N6O3S. The topological polar surface area (TPSA) is 109 Å². The van der Waals surface area contributed by atoms with Gasteiger partial charge in [-0.1, -0.05) is 12.1 Å². The molecule has 142 valence electrons. The zero-order valence-electron chi connectivity index (χ0n) is 14.8. The molecule has 0 saturated carbocycles. The summed E-state index contributed by atoms with van der Waals surface area (Å²) in [5.41, 5.74) is 1.81. The molecule has 9 nitrogen and oxygen atoms in total. The molecule has 27 heavy (non-hydrogen) atoms. The Kier molecular flexibility index (Phi) is 4.65. The predicted octanol–water partition coefficient (Wildman–Crippen LogP) is 0.626. The van der Waals surface area contributed by atoms with Crippen LogP contribution in [-0.2, 0) is 29.0 Å². The van der Waals surface area contributed by atoms with E-state index in [0.717, 1.165) is 12.8 Å². The molecule has 1 fully saturated rings. The summed E-state index contributed by atoms with van der Waals surface area (Å²) in [4.78, 5) is 38.9. The Hall–Kier alpha value is -2.75. The van der Waals surface area contributed by atoms with Crippen molar-refractivity contribution in [1.29, 1.82) is 0 Å². The van der Waals surface area contributed by atoms with Crippen molar-refractivity contribution in [2.24, 2.45) is 0 Å². The molecule has 0 bridgehead atoms. The van der Waals surface area contributed by atoms with Crippen molar-refractivity contribution < 1.29 is 14.4 Å². The van der Waals surface area contributed by atoms with E-state index in [0.29, 0.717) is 12.2 Å². The summed E-state index contributed by atoms with van der Waals surface area (Å²) in [6.45, 7) is 2.90. The third-order valence-corrected chi connectivity index (χ3v) is 5.95. The number of carbonyl (C=O) groups excluding carboxylic acids is 3. The molecule has 4 amide bonds. The molecule has 0 spiro atoms. The molecule has 4 heterocycles. The first-order valence-electron chi connectivity index (χ1n) is 8.91. The number of hydrogen-bond donors (Lipinski definition) is 2. The Bertz CT molecular complexity index is 891. The van der Waals surface area contributed by atoms with Crippen molar-refractivity contribution in [2.45, 2.75) is 44.8 Å². The highest BCUT2D eigenvalue weighted by Gasteiger charge is 2.32. The van der Waals surface area contributed by atoms with Gasteiger partial charge in [0.1, 0.15) is 12.6 Å². The van der Waals surface area contributed by atoms with Crippen molar-refractivity contribution in [3.8, 4) is 0 Å². The quantitative estimate of drug-likeness (QED) is 0.730. The first kappa shape index (κ1) is 17.7. The SMILES string of the molecule is CC[C@H]1c2ccsc2CCN1C(=O)Cn1cc(C[C@@H]2NC(=O)NC2=O)nn1. The van der Waals surface area contributed by atoms with Crippen LogP contribution in [0, 0.1) is 0 Å². The fraction of sp³-hybridized carbons (Fsp3) is 0.471. The lowest BCUT2D eigenvalue weighted by Gasteiger charge is -2.35. The minimum Gasteiger partial charge on any atom is -0.334 e. The normalized spacial score (nSPS) is 21.7. The van der Waals surface area contributed by atoms with E-state index in [9.17, 15) is 14.4 Å². The van der Waals surface area contributed by atoms with Crippen LogP contribution < -0.4 is 10.6 Å². The lowest BCUT2D eigenvalue weighted by Crippen LogP contribution is -2.41. The van der Waals surface area contributed by atoms with E-state index < -0.39 is 12.1 Å². The van der Waals surface area contributed by atoms with Gasteiger partial charge in [-0.2, -0.15) is 0 Å². The highest BCUT2D eigenvalue weighted by atomic mass is 32.1. The maximum absolute atomic E-state index is 12.8. The average molecular weight is 388 g/mol. The van der Waals surface area contributed by atoms with Gasteiger partial charge in [0.25, 0.3) is 5.91 Å². The molecule has 0 aliphatic carbocycles. The fourth-order valence-corrected chi connectivity index (χ4v) is 4.61. The Morgan fingerprint density at radius 1 is 1.41 bits per heavy atom. The van der Waals surface area contributed by atoms with Gasteiger partial charge in [-0.05, 0) is 29.9 Å². The van der Waals surface area contributed by atoms with Crippen LogP contribution >= 0.6 is 11.3 Å². The van der Waals surface area contributed by atoms with Gasteiger partial charge < -0.3 is 10.2 Å². The molecule has 10 heteroatoms. The second kappa shape index (κ2) is 7.10. The molecular weight excluding hydrogens is 368 g/mol. The first-order chi connectivity index (χ1) is 13.0. The lowest BCUT2D eigenvalue weighted by atomic mass is 9.98. The Balaban J connectivity index is 1.41. The molecule has 2 aromatic heterocycles. The second-order valence-corrected chi connectivity index (χ2v) is 7.69. The fourth-order valence-electron chi connectivity index (χ4n) is 3.69. The number of fused-ring (bicyclic) bond motifs is 1. The van der Waals surface area contributed by atoms with Crippen LogP contribution in [0.1, 0.15) is 35.5 Å². The molecule has 0 radical (unpaired) electrons. The summed E-state index contributed by atoms with van der Waals surface area (Å²) in [6.07, 6.45) is 3.64. The molecule has 2 atom stereocenters. The molecule has 2 aliphatic heterocycles. The lowest BCUT2D eigenvalue weighted by molar-refractivity contribution is -0.135. The zero-order chi connectivity index (χ0) is 19.0. The highest BCUT2D eigenvalue weighted by Crippen LogP contribution is 2.35. The van der Waals surface area contributed by atoms with Gasteiger partial charge in [-0.25, -0.2) is 9.48 Å². The molecule has 2 aliphatic rings. The van der Waals surface area contributed by atoms with Gasteiger partial charge in [0, 0.05) is 24.0 Å². The monoisotopic (exact) mass is 388 g/mol. The summed E-state index contributed by atoms with van der Waals surface area (Å²) in [5.74, 6) is -0.377. The molecule has 0 aromatic carbocycles. The summed E-state index contributed by atoms with van der Waals surface area (Å²) < 4.78 is 1.49. The number of amides is 4. The highest BCUT2D eigenvalue weighted by molar-refractivity contribution is 7.10. The number of imide groups is 1. The van der Waals surface area contributed by atoms with E-state index in [-0.39, 0.29) is 30.8 Å². The van der Waals surface area contributed by atoms with Crippen LogP contribution in [0.25, 0.3) is 0 Å². The van der Waals surface area contributed by atoms with Crippen LogP contribution in [0.3, 0.4) is 0 Å². The zero-order valence-corrected chi connectivity index (χ0v) is 15.7. The standard InChI is InChI=1S/C17H20N6O3S/c1-2-13-11-4-6-27-14(11)3-5-23(13)15(24)9-22-8-10(20-21-22)7-12-16(25)19-17(26)18-12/h4,6,8,12-13H,2-3,5,7,9H2,1H3,(H2,18,19,25,26)/t12-,13-/m0/s1. The number of hydrogen-bond acceptors (Lipinski definition) is 6. The van der Waals surface area contributed by atoms with Gasteiger partial charge in [0.05, 0.1) is 11.7 Å². The number of carbonyl (C=O) groups is 3. The maximum Gasteiger partial charge on any atom is 0.322 e. The van der Waals surface area contributed by atoms with Crippen molar-refractivity contribution in [3.05, 3.63) is 33.8 Å². The van der Waals surface area contributed by atoms with Crippen molar-refractivity contribution in [3.63, 3.8) is 0 Å². The van der Waals surface area contributed by atoms with Crippen molar-refractivity contribution in [2.75, 3.05) is 6.54 Å². The Morgan fingerprint density at radius 3 is 3.00 bits per heavy atom. The molecule has 0 unspecified atom stereocenters. The van der Waals surface area contributed by atoms with Gasteiger partial charge in [0.2, 0.25) is 5.91 Å². The van der Waals surface area contributed by atoms with Gasteiger partial charge >= 0.3 is 6.03 Å². The Labute approximate surface area is 159 Å². The van der Waals surface area contributed by atoms with Crippen molar-refractivity contribution >= 4 is 29.2 Å². The van der Waals surface area contributed by atoms with Gasteiger partial charge in [-0.15, -0.1) is 16.4 Å². The number of nitrogens with one attached hydrogen (secondary N) is 2. The smallest absolute Gasteiger partial charge is 0.322 e. The third kappa shape index (κ3) is 3.44. The summed E-state index contributed by atoms with van der Waals surface area (Å²) in [6, 6.07) is 1.06. The van der Waals surface area contributed by atoms with E-state index in [1.807, 2.05) is 4.90 Å². The molecule has 4 rings (SSSR count). The third-order valence-electron chi connectivity index (χ3n) is 4.96. The van der Waals surface area contributed by atoms with Crippen LogP contribution in [0.15, 0.2) is 17.6 Å². The number of rotatable bonds is 5. The largest absolute Gasteiger partial charge is 0.334 e. The van der Waals surface area contributed by atoms with Crippen LogP contribution in [0.2, 0.25) is 0 Å². The van der Waals surface area contributed by atoms with E-state index in [1.165, 1.54) is 15.1 Å². The second-order valence-electron chi connectivity index (χ2n) is 6.69. The van der Waals surface area contributed by atoms with E-state index in [4.69, 9.17) is 0 Å². The number of aromatic nitrogens is 3. The van der Waals surface area contributed by atoms with Crippen molar-refractivity contribution in [1.82, 2.24) is 30.5 Å². The molecule has 1 saturated heterocycles. The Morgan fingerprint density at radius 2 is 2.26 bits per heavy atom. The minimum absolute atomic E-state index is 0.00191. The summed E-state index contributed by atoms with van der Waals surface area (Å²) >= 11 is 1.75.